The molecule has 0 saturated heterocycles. The van der Waals surface area contributed by atoms with Crippen LogP contribution in [0.3, 0.4) is 0 Å². The van der Waals surface area contributed by atoms with Gasteiger partial charge < -0.3 is 4.74 Å². The first-order valence-corrected chi connectivity index (χ1v) is 12.6. The van der Waals surface area contributed by atoms with Crippen LogP contribution in [-0.2, 0) is 6.42 Å². The van der Waals surface area contributed by atoms with Crippen molar-refractivity contribution in [3.8, 4) is 11.4 Å². The second-order valence-corrected chi connectivity index (χ2v) is 8.99. The molecule has 0 aliphatic heterocycles. The van der Waals surface area contributed by atoms with E-state index in [1.807, 2.05) is 104 Å². The van der Waals surface area contributed by atoms with Crippen LogP contribution in [0.2, 0.25) is 0 Å². The lowest BCUT2D eigenvalue weighted by Gasteiger charge is -2.19. The fourth-order valence-electron chi connectivity index (χ4n) is 4.98. The average Bonchev–Trinajstić information content (AvgIpc) is 3.25. The molecule has 0 spiro atoms. The van der Waals surface area contributed by atoms with Gasteiger partial charge >= 0.3 is 0 Å². The van der Waals surface area contributed by atoms with Gasteiger partial charge in [-0.25, -0.2) is 15.0 Å². The Morgan fingerprint density at radius 3 is 2.16 bits per heavy atom. The summed E-state index contributed by atoms with van der Waals surface area (Å²) < 4.78 is 9.39. The molecular formula is C30H27N5O2. The van der Waals surface area contributed by atoms with E-state index < -0.39 is 0 Å². The normalized spacial score (nSPS) is 12.4. The van der Waals surface area contributed by atoms with E-state index in [-0.39, 0.29) is 11.6 Å². The zero-order chi connectivity index (χ0) is 25.5. The first-order valence-electron chi connectivity index (χ1n) is 12.6. The van der Waals surface area contributed by atoms with Gasteiger partial charge in [0.25, 0.3) is 5.56 Å². The van der Waals surface area contributed by atoms with Gasteiger partial charge in [-0.1, -0.05) is 49.4 Å². The third kappa shape index (κ3) is 3.74. The smallest absolute Gasteiger partial charge is 0.265 e. The molecule has 0 aliphatic carbocycles. The Bertz CT molecular complexity index is 1800. The lowest BCUT2D eigenvalue weighted by atomic mass is 10.1. The molecule has 3 aromatic heterocycles. The molecule has 37 heavy (non-hydrogen) atoms. The first-order chi connectivity index (χ1) is 18.1. The maximum absolute atomic E-state index is 14.3. The van der Waals surface area contributed by atoms with Crippen LogP contribution in [0.5, 0.6) is 5.75 Å². The summed E-state index contributed by atoms with van der Waals surface area (Å²) >= 11 is 0. The highest BCUT2D eigenvalue weighted by Crippen LogP contribution is 2.30. The van der Waals surface area contributed by atoms with Gasteiger partial charge in [0.05, 0.1) is 23.7 Å². The molecule has 0 aliphatic rings. The maximum atomic E-state index is 14.3. The van der Waals surface area contributed by atoms with Gasteiger partial charge in [-0.05, 0) is 55.8 Å². The van der Waals surface area contributed by atoms with E-state index in [1.165, 1.54) is 0 Å². The zero-order valence-corrected chi connectivity index (χ0v) is 21.0. The molecule has 7 heteroatoms. The van der Waals surface area contributed by atoms with Crippen molar-refractivity contribution < 1.29 is 4.74 Å². The van der Waals surface area contributed by atoms with E-state index in [4.69, 9.17) is 19.7 Å². The Hall–Kier alpha value is -4.52. The van der Waals surface area contributed by atoms with Crippen molar-refractivity contribution in [3.05, 3.63) is 101 Å². The summed E-state index contributed by atoms with van der Waals surface area (Å²) in [4.78, 5) is 29.2. The predicted octanol–water partition coefficient (Wildman–Crippen LogP) is 5.85. The number of nitrogens with zero attached hydrogens (tertiary/aromatic N) is 5. The predicted molar refractivity (Wildman–Crippen MR) is 147 cm³/mol. The molecule has 7 nitrogen and oxygen atoms in total. The van der Waals surface area contributed by atoms with Gasteiger partial charge in [-0.15, -0.1) is 0 Å². The van der Waals surface area contributed by atoms with E-state index in [2.05, 4.69) is 0 Å². The number of hydrogen-bond acceptors (Lipinski definition) is 5. The van der Waals surface area contributed by atoms with Crippen LogP contribution < -0.4 is 10.3 Å². The first kappa shape index (κ1) is 22.9. The van der Waals surface area contributed by atoms with Gasteiger partial charge in [0.15, 0.2) is 11.3 Å². The Kier molecular flexibility index (Phi) is 5.68. The van der Waals surface area contributed by atoms with Gasteiger partial charge in [-0.2, -0.15) is 0 Å². The summed E-state index contributed by atoms with van der Waals surface area (Å²) in [5, 5.41) is 0.474. The van der Waals surface area contributed by atoms with E-state index in [0.29, 0.717) is 41.0 Å². The molecule has 0 saturated carbocycles. The van der Waals surface area contributed by atoms with Crippen molar-refractivity contribution in [2.45, 2.75) is 33.2 Å². The topological polar surface area (TPSA) is 74.8 Å². The maximum Gasteiger partial charge on any atom is 0.265 e. The number of rotatable bonds is 6. The van der Waals surface area contributed by atoms with E-state index in [1.54, 1.807) is 4.57 Å². The number of aromatic nitrogens is 5. The third-order valence-corrected chi connectivity index (χ3v) is 6.77. The van der Waals surface area contributed by atoms with Gasteiger partial charge in [0, 0.05) is 12.1 Å². The van der Waals surface area contributed by atoms with Crippen molar-refractivity contribution in [1.29, 1.82) is 0 Å². The van der Waals surface area contributed by atoms with E-state index >= 15 is 0 Å². The molecule has 3 heterocycles. The summed E-state index contributed by atoms with van der Waals surface area (Å²) in [6.07, 6.45) is 0.607. The summed E-state index contributed by atoms with van der Waals surface area (Å²) in [7, 11) is 0. The van der Waals surface area contributed by atoms with Crippen LogP contribution in [0.25, 0.3) is 38.9 Å². The minimum absolute atomic E-state index is 0.113. The highest BCUT2D eigenvalue weighted by molar-refractivity contribution is 6.05. The monoisotopic (exact) mass is 489 g/mol. The second-order valence-electron chi connectivity index (χ2n) is 8.99. The molecule has 0 bridgehead atoms. The Balaban J connectivity index is 1.72. The Labute approximate surface area is 214 Å². The van der Waals surface area contributed by atoms with Crippen LogP contribution in [-0.4, -0.2) is 30.7 Å². The fourth-order valence-corrected chi connectivity index (χ4v) is 4.98. The highest BCUT2D eigenvalue weighted by atomic mass is 16.5. The van der Waals surface area contributed by atoms with Crippen molar-refractivity contribution in [1.82, 2.24) is 24.1 Å². The van der Waals surface area contributed by atoms with Crippen molar-refractivity contribution in [2.75, 3.05) is 6.61 Å². The quantitative estimate of drug-likeness (QED) is 0.293. The molecule has 1 unspecified atom stereocenters. The van der Waals surface area contributed by atoms with E-state index in [9.17, 15) is 4.79 Å². The van der Waals surface area contributed by atoms with Crippen LogP contribution in [0.4, 0.5) is 0 Å². The number of benzene rings is 3. The van der Waals surface area contributed by atoms with E-state index in [0.717, 1.165) is 28.0 Å². The molecule has 6 rings (SSSR count). The Morgan fingerprint density at radius 2 is 1.49 bits per heavy atom. The molecule has 3 aromatic carbocycles. The summed E-state index contributed by atoms with van der Waals surface area (Å²) in [6.45, 7) is 6.61. The number of hydrogen-bond donors (Lipinski definition) is 0. The summed E-state index contributed by atoms with van der Waals surface area (Å²) in [5.41, 5.74) is 5.00. The Morgan fingerprint density at radius 1 is 0.811 bits per heavy atom. The summed E-state index contributed by atoms with van der Waals surface area (Å²) in [6, 6.07) is 25.3. The van der Waals surface area contributed by atoms with Crippen LogP contribution in [0.15, 0.2) is 83.7 Å². The van der Waals surface area contributed by atoms with Crippen LogP contribution in [0, 0.1) is 0 Å². The fraction of sp³-hybridized carbons (Fsp3) is 0.200. The molecule has 0 radical (unpaired) electrons. The van der Waals surface area contributed by atoms with Crippen molar-refractivity contribution in [3.63, 3.8) is 0 Å². The number of aryl methyl sites for hydroxylation is 1. The van der Waals surface area contributed by atoms with Crippen LogP contribution >= 0.6 is 0 Å². The molecule has 0 N–H and O–H groups in total. The lowest BCUT2D eigenvalue weighted by molar-refractivity contribution is 0.340. The van der Waals surface area contributed by atoms with Crippen LogP contribution in [0.1, 0.15) is 38.2 Å². The molecule has 6 aromatic rings. The lowest BCUT2D eigenvalue weighted by Crippen LogP contribution is -2.28. The van der Waals surface area contributed by atoms with Crippen molar-refractivity contribution in [2.24, 2.45) is 0 Å². The van der Waals surface area contributed by atoms with Gasteiger partial charge in [-0.3, -0.25) is 13.9 Å². The number of fused-ring (bicyclic) bond motifs is 4. The highest BCUT2D eigenvalue weighted by Gasteiger charge is 2.24. The largest absolute Gasteiger partial charge is 0.494 e. The standard InChI is InChI=1S/C30H27N5O2/c1-4-25-33-28-26(30(36)34(25)19(3)20-11-7-6-8-12-20)27-29(32-24-14-10-9-13-23(24)31-27)35(28)21-15-17-22(18-16-21)37-5-2/h6-19H,4-5H2,1-3H3. The molecule has 0 amide bonds. The molecule has 1 atom stereocenters. The molecule has 184 valence electrons. The third-order valence-electron chi connectivity index (χ3n) is 6.77. The number of ether oxygens (including phenoxy) is 1. The second kappa shape index (κ2) is 9.17. The minimum atomic E-state index is -0.183. The SMILES string of the molecule is CCOc1ccc(-n2c3nc4ccccc4nc3c3c(=O)n(C(C)c4ccccc4)c(CC)nc32)cc1. The number of para-hydroxylation sites is 2. The van der Waals surface area contributed by atoms with Gasteiger partial charge in [0.1, 0.15) is 22.5 Å². The average molecular weight is 490 g/mol. The molecule has 0 fully saturated rings. The zero-order valence-electron chi connectivity index (χ0n) is 21.0. The summed E-state index contributed by atoms with van der Waals surface area (Å²) in [5.74, 6) is 1.50. The van der Waals surface area contributed by atoms with Gasteiger partial charge in [0.2, 0.25) is 0 Å². The minimum Gasteiger partial charge on any atom is -0.494 e. The van der Waals surface area contributed by atoms with Crippen molar-refractivity contribution >= 4 is 33.2 Å². The molecular weight excluding hydrogens is 462 g/mol.